The minimum Gasteiger partial charge on any atom is -0.360 e. The predicted octanol–water partition coefficient (Wildman–Crippen LogP) is 3.13. The normalized spacial score (nSPS) is 12.6. The van der Waals surface area contributed by atoms with Crippen LogP contribution >= 0.6 is 11.6 Å². The Morgan fingerprint density at radius 1 is 1.39 bits per heavy atom. The van der Waals surface area contributed by atoms with E-state index >= 15 is 0 Å². The van der Waals surface area contributed by atoms with Gasteiger partial charge in [0.25, 0.3) is 0 Å². The van der Waals surface area contributed by atoms with Gasteiger partial charge in [-0.1, -0.05) is 35.0 Å². The first-order chi connectivity index (χ1) is 8.65. The smallest absolute Gasteiger partial charge is 0.149 e. The quantitative estimate of drug-likeness (QED) is 0.847. The lowest BCUT2D eigenvalue weighted by Crippen LogP contribution is -2.03. The van der Waals surface area contributed by atoms with Crippen LogP contribution < -0.4 is 0 Å². The molecule has 0 amide bonds. The summed E-state index contributed by atoms with van der Waals surface area (Å²) in [4.78, 5) is 0. The van der Waals surface area contributed by atoms with Crippen LogP contribution in [0.2, 0.25) is 5.02 Å². The van der Waals surface area contributed by atoms with Crippen LogP contribution in [-0.4, -0.2) is 15.1 Å². The van der Waals surface area contributed by atoms with Gasteiger partial charge in [-0.15, -0.1) is 0 Å². The molecule has 18 heavy (non-hydrogen) atoms. The van der Waals surface area contributed by atoms with E-state index < -0.39 is 10.8 Å². The van der Waals surface area contributed by atoms with E-state index in [1.807, 2.05) is 37.3 Å². The highest BCUT2D eigenvalue weighted by atomic mass is 35.5. The van der Waals surface area contributed by atoms with E-state index in [0.29, 0.717) is 23.7 Å². The van der Waals surface area contributed by atoms with E-state index in [4.69, 9.17) is 16.1 Å². The molecule has 2 rings (SSSR count). The fourth-order valence-electron chi connectivity index (χ4n) is 1.64. The number of aryl methyl sites for hydroxylation is 2. The standard InChI is InChI=1S/C13H14ClNO2S/c1-10-8-12(17-15-10)9-18(16)7-6-11-4-2-3-5-13(11)14/h2-5,8H,6-7,9H2,1H3. The molecule has 0 aliphatic rings. The summed E-state index contributed by atoms with van der Waals surface area (Å²) in [5, 5.41) is 4.50. The lowest BCUT2D eigenvalue weighted by molar-refractivity contribution is 0.390. The number of rotatable bonds is 5. The lowest BCUT2D eigenvalue weighted by Gasteiger charge is -2.03. The second kappa shape index (κ2) is 6.16. The second-order valence-corrected chi connectivity index (χ2v) is 6.05. The first-order valence-electron chi connectivity index (χ1n) is 5.66. The highest BCUT2D eigenvalue weighted by Gasteiger charge is 2.08. The van der Waals surface area contributed by atoms with Crippen molar-refractivity contribution in [2.75, 3.05) is 5.75 Å². The molecule has 5 heteroatoms. The van der Waals surface area contributed by atoms with E-state index in [9.17, 15) is 4.21 Å². The monoisotopic (exact) mass is 283 g/mol. The van der Waals surface area contributed by atoms with Crippen molar-refractivity contribution in [3.8, 4) is 0 Å². The van der Waals surface area contributed by atoms with Crippen LogP contribution in [0.25, 0.3) is 0 Å². The Bertz CT molecular complexity index is 553. The Balaban J connectivity index is 1.87. The molecule has 0 saturated heterocycles. The summed E-state index contributed by atoms with van der Waals surface area (Å²) in [7, 11) is -0.959. The Morgan fingerprint density at radius 3 is 2.83 bits per heavy atom. The molecule has 0 N–H and O–H groups in total. The largest absolute Gasteiger partial charge is 0.360 e. The SMILES string of the molecule is Cc1cc(CS(=O)CCc2ccccc2Cl)on1. The Labute approximate surface area is 114 Å². The number of hydrogen-bond acceptors (Lipinski definition) is 3. The average molecular weight is 284 g/mol. The number of nitrogens with zero attached hydrogens (tertiary/aromatic N) is 1. The van der Waals surface area contributed by atoms with Gasteiger partial charge in [-0.05, 0) is 25.0 Å². The van der Waals surface area contributed by atoms with Gasteiger partial charge >= 0.3 is 0 Å². The third-order valence-electron chi connectivity index (χ3n) is 2.54. The molecule has 0 spiro atoms. The predicted molar refractivity (Wildman–Crippen MR) is 73.1 cm³/mol. The van der Waals surface area contributed by atoms with Crippen LogP contribution in [-0.2, 0) is 23.0 Å². The molecule has 3 nitrogen and oxygen atoms in total. The molecule has 0 fully saturated rings. The van der Waals surface area contributed by atoms with Crippen LogP contribution in [0, 0.1) is 6.92 Å². The van der Waals surface area contributed by atoms with Crippen molar-refractivity contribution < 1.29 is 8.73 Å². The summed E-state index contributed by atoms with van der Waals surface area (Å²) >= 11 is 6.04. The summed E-state index contributed by atoms with van der Waals surface area (Å²) in [6, 6.07) is 9.44. The number of aromatic nitrogens is 1. The number of benzene rings is 1. The summed E-state index contributed by atoms with van der Waals surface area (Å²) in [5.41, 5.74) is 1.84. The van der Waals surface area contributed by atoms with E-state index in [0.717, 1.165) is 16.3 Å². The number of hydrogen-bond donors (Lipinski definition) is 0. The maximum Gasteiger partial charge on any atom is 0.149 e. The third-order valence-corrected chi connectivity index (χ3v) is 4.17. The van der Waals surface area contributed by atoms with Crippen LogP contribution in [0.1, 0.15) is 17.0 Å². The minimum atomic E-state index is -0.959. The molecule has 0 aliphatic heterocycles. The molecule has 2 aromatic rings. The van der Waals surface area contributed by atoms with Crippen molar-refractivity contribution in [3.63, 3.8) is 0 Å². The maximum atomic E-state index is 11.9. The van der Waals surface area contributed by atoms with Crippen molar-refractivity contribution in [2.24, 2.45) is 0 Å². The molecule has 0 bridgehead atoms. The molecule has 1 unspecified atom stereocenters. The van der Waals surface area contributed by atoms with Crippen molar-refractivity contribution in [1.29, 1.82) is 0 Å². The molecule has 0 aliphatic carbocycles. The molecule has 1 aromatic heterocycles. The Morgan fingerprint density at radius 2 is 2.17 bits per heavy atom. The molecular weight excluding hydrogens is 270 g/mol. The van der Waals surface area contributed by atoms with Gasteiger partial charge in [0.05, 0.1) is 11.4 Å². The fraction of sp³-hybridized carbons (Fsp3) is 0.308. The van der Waals surface area contributed by atoms with E-state index in [-0.39, 0.29) is 0 Å². The number of halogens is 1. The second-order valence-electron chi connectivity index (χ2n) is 4.06. The zero-order valence-electron chi connectivity index (χ0n) is 10.1. The average Bonchev–Trinajstić information content (AvgIpc) is 2.74. The highest BCUT2D eigenvalue weighted by Crippen LogP contribution is 2.16. The maximum absolute atomic E-state index is 11.9. The van der Waals surface area contributed by atoms with Crippen molar-refractivity contribution in [2.45, 2.75) is 19.1 Å². The van der Waals surface area contributed by atoms with Crippen molar-refractivity contribution >= 4 is 22.4 Å². The first-order valence-corrected chi connectivity index (χ1v) is 7.52. The van der Waals surface area contributed by atoms with Gasteiger partial charge < -0.3 is 4.52 Å². The first kappa shape index (κ1) is 13.3. The van der Waals surface area contributed by atoms with Crippen LogP contribution in [0.3, 0.4) is 0 Å². The lowest BCUT2D eigenvalue weighted by atomic mass is 10.2. The topological polar surface area (TPSA) is 43.1 Å². The molecule has 1 aromatic carbocycles. The minimum absolute atomic E-state index is 0.408. The van der Waals surface area contributed by atoms with Crippen molar-refractivity contribution in [3.05, 3.63) is 52.4 Å². The Hall–Kier alpha value is -1.13. The molecule has 96 valence electrons. The Kier molecular flexibility index (Phi) is 4.55. The molecule has 1 atom stereocenters. The summed E-state index contributed by atoms with van der Waals surface area (Å²) in [6.07, 6.45) is 0.708. The van der Waals surface area contributed by atoms with Gasteiger partial charge in [-0.25, -0.2) is 0 Å². The zero-order chi connectivity index (χ0) is 13.0. The zero-order valence-corrected chi connectivity index (χ0v) is 11.6. The van der Waals surface area contributed by atoms with E-state index in [1.165, 1.54) is 0 Å². The van der Waals surface area contributed by atoms with Gasteiger partial charge in [0.2, 0.25) is 0 Å². The summed E-state index contributed by atoms with van der Waals surface area (Å²) < 4.78 is 16.9. The van der Waals surface area contributed by atoms with Crippen LogP contribution in [0.5, 0.6) is 0 Å². The van der Waals surface area contributed by atoms with Gasteiger partial charge in [0.15, 0.2) is 0 Å². The highest BCUT2D eigenvalue weighted by molar-refractivity contribution is 7.84. The summed E-state index contributed by atoms with van der Waals surface area (Å²) in [5.74, 6) is 1.65. The van der Waals surface area contributed by atoms with Gasteiger partial charge in [-0.3, -0.25) is 4.21 Å². The molecule has 0 saturated carbocycles. The van der Waals surface area contributed by atoms with Crippen molar-refractivity contribution in [1.82, 2.24) is 5.16 Å². The third kappa shape index (κ3) is 3.68. The summed E-state index contributed by atoms with van der Waals surface area (Å²) in [6.45, 7) is 1.85. The molecular formula is C13H14ClNO2S. The van der Waals surface area contributed by atoms with Gasteiger partial charge in [0, 0.05) is 27.6 Å². The van der Waals surface area contributed by atoms with Crippen LogP contribution in [0.15, 0.2) is 34.9 Å². The van der Waals surface area contributed by atoms with Gasteiger partial charge in [0.1, 0.15) is 5.76 Å². The molecule has 0 radical (unpaired) electrons. The fourth-order valence-corrected chi connectivity index (χ4v) is 2.92. The van der Waals surface area contributed by atoms with E-state index in [1.54, 1.807) is 0 Å². The molecule has 1 heterocycles. The van der Waals surface area contributed by atoms with E-state index in [2.05, 4.69) is 5.16 Å². The van der Waals surface area contributed by atoms with Crippen LogP contribution in [0.4, 0.5) is 0 Å². The van der Waals surface area contributed by atoms with Gasteiger partial charge in [-0.2, -0.15) is 0 Å².